The monoisotopic (exact) mass is 804 g/mol. The lowest BCUT2D eigenvalue weighted by Gasteiger charge is -2.42. The minimum absolute atomic E-state index is 0.0624. The number of aromatic nitrogens is 1. The molecule has 11 nitrogen and oxygen atoms in total. The number of carbonyl (C=O) groups is 2. The van der Waals surface area contributed by atoms with Crippen molar-refractivity contribution in [3.8, 4) is 5.75 Å². The van der Waals surface area contributed by atoms with Crippen LogP contribution in [0.1, 0.15) is 61.8 Å². The van der Waals surface area contributed by atoms with Crippen LogP contribution >= 0.6 is 23.2 Å². The first-order chi connectivity index (χ1) is 25.2. The zero-order valence-corrected chi connectivity index (χ0v) is 35.5. The highest BCUT2D eigenvalue weighted by Crippen LogP contribution is 2.37. The number of sulfonamides is 1. The maximum absolute atomic E-state index is 14.3. The van der Waals surface area contributed by atoms with Crippen molar-refractivity contribution in [2.75, 3.05) is 75.0 Å². The molecule has 5 rings (SSSR count). The van der Waals surface area contributed by atoms with Gasteiger partial charge in [0.1, 0.15) is 28.3 Å². The van der Waals surface area contributed by atoms with Crippen LogP contribution in [0.25, 0.3) is 10.9 Å². The van der Waals surface area contributed by atoms with Crippen molar-refractivity contribution < 1.29 is 31.7 Å². The molecule has 0 unspecified atom stereocenters. The van der Waals surface area contributed by atoms with Crippen LogP contribution in [0.2, 0.25) is 10.0 Å². The minimum atomic E-state index is -4.28. The van der Waals surface area contributed by atoms with Gasteiger partial charge in [-0.25, -0.2) is 13.4 Å². The van der Waals surface area contributed by atoms with Gasteiger partial charge in [-0.15, -0.1) is 0 Å². The molecule has 1 saturated heterocycles. The molecule has 54 heavy (non-hydrogen) atoms. The third-order valence-electron chi connectivity index (χ3n) is 10.8. The van der Waals surface area contributed by atoms with Crippen LogP contribution in [0.4, 0.5) is 0 Å². The van der Waals surface area contributed by atoms with Crippen molar-refractivity contribution in [1.29, 1.82) is 0 Å². The Labute approximate surface area is 331 Å². The molecule has 2 aromatic carbocycles. The summed E-state index contributed by atoms with van der Waals surface area (Å²) in [4.78, 5) is 36.2. The molecule has 2 amide bonds. The maximum Gasteiger partial charge on any atom is 0.281 e. The van der Waals surface area contributed by atoms with Crippen molar-refractivity contribution in [1.82, 2.24) is 19.5 Å². The SMILES string of the molecule is Cc1cc(C)c2cccc(OCc3c(Cl)ccc(S(=O)(=O)NC4(C(=O)N5CCN(C(=O)[C@@H](CCCC[N+](C)(C)C)[N+](C)(C)C)CC5)CCCC4)c3Cl)c2n1. The van der Waals surface area contributed by atoms with Crippen molar-refractivity contribution in [2.45, 2.75) is 81.9 Å². The van der Waals surface area contributed by atoms with Gasteiger partial charge in [0.15, 0.2) is 6.04 Å². The van der Waals surface area contributed by atoms with E-state index in [4.69, 9.17) is 27.9 Å². The summed E-state index contributed by atoms with van der Waals surface area (Å²) in [5.74, 6) is 0.371. The Bertz CT molecular complexity index is 1960. The molecule has 2 fully saturated rings. The predicted molar refractivity (Wildman–Crippen MR) is 215 cm³/mol. The highest BCUT2D eigenvalue weighted by molar-refractivity contribution is 7.89. The summed E-state index contributed by atoms with van der Waals surface area (Å²) >= 11 is 13.4. The van der Waals surface area contributed by atoms with Gasteiger partial charge in [0.2, 0.25) is 15.9 Å². The van der Waals surface area contributed by atoms with Crippen LogP contribution in [0.5, 0.6) is 5.75 Å². The van der Waals surface area contributed by atoms with E-state index in [1.807, 2.05) is 36.9 Å². The molecular formula is C40H58Cl2N6O5S+2. The summed E-state index contributed by atoms with van der Waals surface area (Å²) < 4.78 is 38.7. The molecule has 296 valence electrons. The van der Waals surface area contributed by atoms with Gasteiger partial charge in [-0.1, -0.05) is 48.2 Å². The molecule has 1 aromatic heterocycles. The zero-order valence-electron chi connectivity index (χ0n) is 33.2. The zero-order chi connectivity index (χ0) is 39.6. The van der Waals surface area contributed by atoms with E-state index < -0.39 is 15.6 Å². The lowest BCUT2D eigenvalue weighted by Crippen LogP contribution is -2.63. The smallest absolute Gasteiger partial charge is 0.281 e. The van der Waals surface area contributed by atoms with Gasteiger partial charge in [0.05, 0.1) is 53.9 Å². The second kappa shape index (κ2) is 16.6. The number of likely N-dealkylation sites (N-methyl/N-ethyl adjacent to an activating group) is 1. The topological polar surface area (TPSA) is 109 Å². The lowest BCUT2D eigenvalue weighted by atomic mass is 9.96. The van der Waals surface area contributed by atoms with Gasteiger partial charge in [-0.2, -0.15) is 4.72 Å². The normalized spacial score (nSPS) is 17.2. The number of halogens is 2. The standard InChI is InChI=1S/C40H58Cl2N6O5S/c1-28-26-29(2)43-37-30(28)14-13-16-34(37)53-27-31-32(41)17-18-35(36(31)42)54(51,52)44-40(19-10-11-20-40)39(50)46-23-21-45(22-24-46)38(49)33(48(6,7)8)15-9-12-25-47(3,4)5/h13-14,16-18,26,33,44H,9-12,15,19-25,27H2,1-8H3/q+2/t33-/m1/s1. The number of quaternary nitrogens is 2. The van der Waals surface area contributed by atoms with Crippen LogP contribution in [0.15, 0.2) is 41.3 Å². The Morgan fingerprint density at radius 2 is 1.59 bits per heavy atom. The van der Waals surface area contributed by atoms with Gasteiger partial charge in [0.25, 0.3) is 5.91 Å². The number of aryl methyl sites for hydroxylation is 2. The molecule has 1 N–H and O–H groups in total. The van der Waals surface area contributed by atoms with Crippen molar-refractivity contribution >= 4 is 55.9 Å². The van der Waals surface area contributed by atoms with Gasteiger partial charge in [-0.05, 0) is 69.4 Å². The fourth-order valence-electron chi connectivity index (χ4n) is 7.80. The number of fused-ring (bicyclic) bond motifs is 1. The number of pyridine rings is 1. The van der Waals surface area contributed by atoms with Crippen LogP contribution < -0.4 is 9.46 Å². The molecule has 2 aliphatic rings. The number of rotatable bonds is 14. The molecule has 2 heterocycles. The van der Waals surface area contributed by atoms with E-state index in [-0.39, 0.29) is 39.4 Å². The first-order valence-corrected chi connectivity index (χ1v) is 21.2. The maximum atomic E-state index is 14.3. The van der Waals surface area contributed by atoms with E-state index >= 15 is 0 Å². The average Bonchev–Trinajstić information content (AvgIpc) is 3.55. The summed E-state index contributed by atoms with van der Waals surface area (Å²) in [6.07, 6.45) is 4.97. The van der Waals surface area contributed by atoms with Gasteiger partial charge < -0.3 is 23.5 Å². The van der Waals surface area contributed by atoms with Gasteiger partial charge in [-0.3, -0.25) is 9.59 Å². The highest BCUT2D eigenvalue weighted by atomic mass is 35.5. The summed E-state index contributed by atoms with van der Waals surface area (Å²) in [6.45, 7) is 6.37. The Balaban J connectivity index is 1.28. The number of ether oxygens (including phenoxy) is 1. The summed E-state index contributed by atoms with van der Waals surface area (Å²) in [6, 6.07) is 10.3. The summed E-state index contributed by atoms with van der Waals surface area (Å²) in [7, 11) is 8.43. The van der Waals surface area contributed by atoms with E-state index in [1.165, 1.54) is 12.1 Å². The van der Waals surface area contributed by atoms with E-state index in [1.54, 1.807) is 11.0 Å². The quantitative estimate of drug-likeness (QED) is 0.160. The molecule has 1 saturated carbocycles. The number of nitrogens with one attached hydrogen (secondary N) is 1. The van der Waals surface area contributed by atoms with E-state index in [0.29, 0.717) is 73.2 Å². The molecule has 0 bridgehead atoms. The van der Waals surface area contributed by atoms with Crippen LogP contribution in [-0.4, -0.2) is 131 Å². The number of para-hydroxylation sites is 1. The molecule has 1 aliphatic heterocycles. The first-order valence-electron chi connectivity index (χ1n) is 18.9. The van der Waals surface area contributed by atoms with Crippen LogP contribution in [0, 0.1) is 13.8 Å². The molecule has 1 aliphatic carbocycles. The number of hydrogen-bond donors (Lipinski definition) is 1. The third-order valence-corrected chi connectivity index (χ3v) is 13.3. The Morgan fingerprint density at radius 3 is 2.22 bits per heavy atom. The fraction of sp³-hybridized carbons (Fsp3) is 0.575. The van der Waals surface area contributed by atoms with Crippen molar-refractivity contribution in [3.05, 3.63) is 63.3 Å². The predicted octanol–water partition coefficient (Wildman–Crippen LogP) is 5.95. The average molecular weight is 806 g/mol. The highest BCUT2D eigenvalue weighted by Gasteiger charge is 2.48. The first kappa shape index (κ1) is 42.1. The number of unbranched alkanes of at least 4 members (excludes halogenated alkanes) is 1. The second-order valence-electron chi connectivity index (χ2n) is 17.0. The van der Waals surface area contributed by atoms with Crippen molar-refractivity contribution in [2.24, 2.45) is 0 Å². The van der Waals surface area contributed by atoms with E-state index in [2.05, 4.69) is 52.0 Å². The molecule has 0 radical (unpaired) electrons. The van der Waals surface area contributed by atoms with Crippen LogP contribution in [-0.2, 0) is 26.2 Å². The number of carbonyl (C=O) groups excluding carboxylic acids is 2. The third kappa shape index (κ3) is 9.68. The Kier molecular flexibility index (Phi) is 13.0. The second-order valence-corrected chi connectivity index (χ2v) is 19.4. The number of piperazine rings is 1. The largest absolute Gasteiger partial charge is 0.487 e. The number of nitrogens with zero attached hydrogens (tertiary/aromatic N) is 5. The lowest BCUT2D eigenvalue weighted by molar-refractivity contribution is -0.887. The van der Waals surface area contributed by atoms with Gasteiger partial charge in [0, 0.05) is 54.3 Å². The fourth-order valence-corrected chi connectivity index (χ4v) is 10.1. The van der Waals surface area contributed by atoms with Crippen LogP contribution in [0.3, 0.4) is 0 Å². The summed E-state index contributed by atoms with van der Waals surface area (Å²) in [5.41, 5.74) is 1.61. The number of amides is 2. The number of hydrogen-bond acceptors (Lipinski definition) is 6. The number of benzene rings is 2. The molecule has 14 heteroatoms. The van der Waals surface area contributed by atoms with Gasteiger partial charge >= 0.3 is 0 Å². The Hall–Kier alpha value is -3.00. The molecule has 3 aromatic rings. The van der Waals surface area contributed by atoms with E-state index in [9.17, 15) is 18.0 Å². The van der Waals surface area contributed by atoms with Crippen molar-refractivity contribution in [3.63, 3.8) is 0 Å². The molecule has 0 spiro atoms. The minimum Gasteiger partial charge on any atom is -0.487 e. The Morgan fingerprint density at radius 1 is 0.944 bits per heavy atom. The molecular weight excluding hydrogens is 747 g/mol. The van der Waals surface area contributed by atoms with E-state index in [0.717, 1.165) is 46.9 Å². The summed E-state index contributed by atoms with van der Waals surface area (Å²) in [5, 5.41) is 1.15. The molecule has 1 atom stereocenters.